The van der Waals surface area contributed by atoms with Gasteiger partial charge in [-0.2, -0.15) is 0 Å². The number of hydrogen-bond donors (Lipinski definition) is 1. The Morgan fingerprint density at radius 1 is 1.38 bits per heavy atom. The number of amides is 1. The number of nitrogens with zero attached hydrogens (tertiary/aromatic N) is 1. The molecule has 1 aromatic rings. The largest absolute Gasteiger partial charge is 0.490 e. The summed E-state index contributed by atoms with van der Waals surface area (Å²) in [5.41, 5.74) is 0. The SMILES string of the molecule is CC(C)NCCCC(=O)N(C)CCOc1ccccc1Cl. The third kappa shape index (κ3) is 7.34. The molecule has 0 bridgehead atoms. The van der Waals surface area contributed by atoms with Gasteiger partial charge < -0.3 is 15.0 Å². The summed E-state index contributed by atoms with van der Waals surface area (Å²) in [6.07, 6.45) is 1.41. The van der Waals surface area contributed by atoms with E-state index in [1.165, 1.54) is 0 Å². The highest BCUT2D eigenvalue weighted by Gasteiger charge is 2.09. The molecule has 0 fully saturated rings. The number of carbonyl (C=O) groups is 1. The van der Waals surface area contributed by atoms with Crippen LogP contribution in [0.1, 0.15) is 26.7 Å². The van der Waals surface area contributed by atoms with Crippen molar-refractivity contribution < 1.29 is 9.53 Å². The van der Waals surface area contributed by atoms with E-state index >= 15 is 0 Å². The fourth-order valence-corrected chi connectivity index (χ4v) is 1.99. The Labute approximate surface area is 132 Å². The van der Waals surface area contributed by atoms with E-state index < -0.39 is 0 Å². The molecule has 0 saturated carbocycles. The molecule has 21 heavy (non-hydrogen) atoms. The summed E-state index contributed by atoms with van der Waals surface area (Å²) >= 11 is 6.00. The van der Waals surface area contributed by atoms with Crippen LogP contribution in [0, 0.1) is 0 Å². The van der Waals surface area contributed by atoms with Crippen molar-refractivity contribution in [2.24, 2.45) is 0 Å². The number of rotatable bonds is 9. The Bertz CT molecular complexity index is 438. The van der Waals surface area contributed by atoms with Crippen LogP contribution in [-0.2, 0) is 4.79 Å². The molecule has 0 spiro atoms. The fourth-order valence-electron chi connectivity index (χ4n) is 1.80. The van der Waals surface area contributed by atoms with Crippen LogP contribution in [0.15, 0.2) is 24.3 Å². The van der Waals surface area contributed by atoms with Crippen molar-refractivity contribution in [2.75, 3.05) is 26.7 Å². The van der Waals surface area contributed by atoms with E-state index in [1.807, 2.05) is 18.2 Å². The molecule has 1 rings (SSSR count). The second-order valence-corrected chi connectivity index (χ2v) is 5.71. The topological polar surface area (TPSA) is 41.6 Å². The highest BCUT2D eigenvalue weighted by atomic mass is 35.5. The molecule has 1 aromatic carbocycles. The first-order valence-electron chi connectivity index (χ1n) is 7.35. The fraction of sp³-hybridized carbons (Fsp3) is 0.562. The molecule has 0 heterocycles. The van der Waals surface area contributed by atoms with E-state index in [1.54, 1.807) is 18.0 Å². The number of carbonyl (C=O) groups excluding carboxylic acids is 1. The summed E-state index contributed by atoms with van der Waals surface area (Å²) in [5.74, 6) is 0.796. The highest BCUT2D eigenvalue weighted by molar-refractivity contribution is 6.32. The maximum Gasteiger partial charge on any atom is 0.222 e. The summed E-state index contributed by atoms with van der Waals surface area (Å²) in [4.78, 5) is 13.6. The number of ether oxygens (including phenoxy) is 1. The van der Waals surface area contributed by atoms with Crippen LogP contribution < -0.4 is 10.1 Å². The van der Waals surface area contributed by atoms with E-state index in [-0.39, 0.29) is 5.91 Å². The minimum absolute atomic E-state index is 0.142. The van der Waals surface area contributed by atoms with E-state index in [0.717, 1.165) is 13.0 Å². The molecule has 0 radical (unpaired) electrons. The summed E-state index contributed by atoms with van der Waals surface area (Å²) in [6.45, 7) is 6.06. The number of para-hydroxylation sites is 1. The third-order valence-electron chi connectivity index (χ3n) is 3.07. The average Bonchev–Trinajstić information content (AvgIpc) is 2.45. The number of benzene rings is 1. The van der Waals surface area contributed by atoms with E-state index in [2.05, 4.69) is 19.2 Å². The molecule has 0 atom stereocenters. The second kappa shape index (κ2) is 9.64. The molecule has 0 aliphatic carbocycles. The Morgan fingerprint density at radius 2 is 2.10 bits per heavy atom. The van der Waals surface area contributed by atoms with Crippen molar-refractivity contribution in [1.82, 2.24) is 10.2 Å². The van der Waals surface area contributed by atoms with Gasteiger partial charge >= 0.3 is 0 Å². The summed E-state index contributed by atoms with van der Waals surface area (Å²) < 4.78 is 5.58. The molecular weight excluding hydrogens is 288 g/mol. The molecule has 118 valence electrons. The molecule has 0 aromatic heterocycles. The van der Waals surface area contributed by atoms with Gasteiger partial charge in [0.1, 0.15) is 12.4 Å². The van der Waals surface area contributed by atoms with Crippen LogP contribution in [0.4, 0.5) is 0 Å². The second-order valence-electron chi connectivity index (χ2n) is 5.31. The van der Waals surface area contributed by atoms with Gasteiger partial charge in [0.15, 0.2) is 0 Å². The van der Waals surface area contributed by atoms with Crippen molar-refractivity contribution in [3.05, 3.63) is 29.3 Å². The number of likely N-dealkylation sites (N-methyl/N-ethyl adjacent to an activating group) is 1. The summed E-state index contributed by atoms with van der Waals surface area (Å²) in [6, 6.07) is 7.80. The lowest BCUT2D eigenvalue weighted by atomic mass is 10.2. The van der Waals surface area contributed by atoms with Gasteiger partial charge in [0.25, 0.3) is 0 Å². The van der Waals surface area contributed by atoms with Crippen LogP contribution in [0.25, 0.3) is 0 Å². The van der Waals surface area contributed by atoms with Crippen molar-refractivity contribution in [3.8, 4) is 5.75 Å². The van der Waals surface area contributed by atoms with Crippen molar-refractivity contribution >= 4 is 17.5 Å². The zero-order chi connectivity index (χ0) is 15.7. The van der Waals surface area contributed by atoms with Gasteiger partial charge in [-0.05, 0) is 25.1 Å². The smallest absolute Gasteiger partial charge is 0.222 e. The molecule has 1 N–H and O–H groups in total. The average molecular weight is 313 g/mol. The molecule has 4 nitrogen and oxygen atoms in total. The Hall–Kier alpha value is -1.26. The number of hydrogen-bond acceptors (Lipinski definition) is 3. The summed E-state index contributed by atoms with van der Waals surface area (Å²) in [7, 11) is 1.80. The predicted octanol–water partition coefficient (Wildman–Crippen LogP) is 2.96. The maximum atomic E-state index is 11.9. The van der Waals surface area contributed by atoms with Crippen molar-refractivity contribution in [1.29, 1.82) is 0 Å². The molecule has 0 aliphatic rings. The zero-order valence-electron chi connectivity index (χ0n) is 13.1. The maximum absolute atomic E-state index is 11.9. The normalized spacial score (nSPS) is 10.7. The highest BCUT2D eigenvalue weighted by Crippen LogP contribution is 2.22. The molecule has 1 amide bonds. The van der Waals surface area contributed by atoms with Crippen LogP contribution in [-0.4, -0.2) is 43.6 Å². The Kier molecular flexibility index (Phi) is 8.16. The van der Waals surface area contributed by atoms with Gasteiger partial charge in [-0.25, -0.2) is 0 Å². The first-order valence-corrected chi connectivity index (χ1v) is 7.73. The monoisotopic (exact) mass is 312 g/mol. The van der Waals surface area contributed by atoms with Crippen LogP contribution in [0.2, 0.25) is 5.02 Å². The summed E-state index contributed by atoms with van der Waals surface area (Å²) in [5, 5.41) is 3.89. The lowest BCUT2D eigenvalue weighted by Crippen LogP contribution is -2.32. The Morgan fingerprint density at radius 3 is 2.76 bits per heavy atom. The van der Waals surface area contributed by atoms with Gasteiger partial charge in [0.2, 0.25) is 5.91 Å². The molecule has 0 saturated heterocycles. The van der Waals surface area contributed by atoms with Gasteiger partial charge in [-0.15, -0.1) is 0 Å². The zero-order valence-corrected chi connectivity index (χ0v) is 13.8. The molecule has 0 unspecified atom stereocenters. The van der Waals surface area contributed by atoms with E-state index in [4.69, 9.17) is 16.3 Å². The first kappa shape index (κ1) is 17.8. The third-order valence-corrected chi connectivity index (χ3v) is 3.38. The lowest BCUT2D eigenvalue weighted by molar-refractivity contribution is -0.130. The lowest BCUT2D eigenvalue weighted by Gasteiger charge is -2.18. The first-order chi connectivity index (χ1) is 10.0. The van der Waals surface area contributed by atoms with Crippen LogP contribution in [0.5, 0.6) is 5.75 Å². The number of halogens is 1. The van der Waals surface area contributed by atoms with Crippen LogP contribution >= 0.6 is 11.6 Å². The van der Waals surface area contributed by atoms with Crippen molar-refractivity contribution in [2.45, 2.75) is 32.7 Å². The van der Waals surface area contributed by atoms with Gasteiger partial charge in [-0.3, -0.25) is 4.79 Å². The van der Waals surface area contributed by atoms with Gasteiger partial charge in [-0.1, -0.05) is 37.6 Å². The number of nitrogens with one attached hydrogen (secondary N) is 1. The standard InChI is InChI=1S/C16H25ClN2O2/c1-13(2)18-10-6-9-16(20)19(3)11-12-21-15-8-5-4-7-14(15)17/h4-5,7-8,13,18H,6,9-12H2,1-3H3. The predicted molar refractivity (Wildman–Crippen MR) is 87.0 cm³/mol. The quantitative estimate of drug-likeness (QED) is 0.713. The van der Waals surface area contributed by atoms with E-state index in [9.17, 15) is 4.79 Å². The van der Waals surface area contributed by atoms with E-state index in [0.29, 0.717) is 36.4 Å². The molecule has 0 aliphatic heterocycles. The van der Waals surface area contributed by atoms with Gasteiger partial charge in [0.05, 0.1) is 11.6 Å². The minimum atomic E-state index is 0.142. The van der Waals surface area contributed by atoms with Gasteiger partial charge in [0, 0.05) is 19.5 Å². The molecule has 5 heteroatoms. The van der Waals surface area contributed by atoms with Crippen molar-refractivity contribution in [3.63, 3.8) is 0 Å². The molecular formula is C16H25ClN2O2. The minimum Gasteiger partial charge on any atom is -0.490 e. The van der Waals surface area contributed by atoms with Crippen LogP contribution in [0.3, 0.4) is 0 Å². The Balaban J connectivity index is 2.19.